The minimum absolute atomic E-state index is 0.0857. The fourth-order valence-electron chi connectivity index (χ4n) is 3.09. The summed E-state index contributed by atoms with van der Waals surface area (Å²) in [6.07, 6.45) is 0. The molecule has 1 aliphatic rings. The second-order valence-corrected chi connectivity index (χ2v) is 6.16. The van der Waals surface area contributed by atoms with Crippen LogP contribution >= 0.6 is 11.6 Å². The van der Waals surface area contributed by atoms with Crippen molar-refractivity contribution < 1.29 is 4.79 Å². The first-order valence-corrected chi connectivity index (χ1v) is 8.14. The summed E-state index contributed by atoms with van der Waals surface area (Å²) in [6, 6.07) is 24.8. The molecule has 4 rings (SSSR count). The van der Waals surface area contributed by atoms with E-state index < -0.39 is 0 Å². The van der Waals surface area contributed by atoms with Gasteiger partial charge in [0.05, 0.1) is 17.3 Å². The smallest absolute Gasteiger partial charge is 0.176 e. The Morgan fingerprint density at radius 1 is 0.750 bits per heavy atom. The van der Waals surface area contributed by atoms with Gasteiger partial charge in [-0.15, -0.1) is 0 Å². The van der Waals surface area contributed by atoms with Crippen molar-refractivity contribution in [3.05, 3.63) is 101 Å². The van der Waals surface area contributed by atoms with Gasteiger partial charge in [0.2, 0.25) is 0 Å². The van der Waals surface area contributed by atoms with Crippen LogP contribution in [0.4, 0.5) is 5.69 Å². The third-order valence-corrected chi connectivity index (χ3v) is 4.47. The van der Waals surface area contributed by atoms with Crippen molar-refractivity contribution in [1.82, 2.24) is 0 Å². The molecule has 0 spiro atoms. The predicted molar refractivity (Wildman–Crippen MR) is 97.6 cm³/mol. The van der Waals surface area contributed by atoms with E-state index in [9.17, 15) is 4.79 Å². The number of aliphatic imine (C=N–C) groups is 1. The molecule has 24 heavy (non-hydrogen) atoms. The SMILES string of the molecule is O=C1c2ccccc2C(=Nc2ccccc2)C1c1ccc(Cl)cc1. The lowest BCUT2D eigenvalue weighted by Crippen LogP contribution is -2.13. The fraction of sp³-hybridized carbons (Fsp3) is 0.0476. The van der Waals surface area contributed by atoms with Crippen molar-refractivity contribution >= 4 is 28.8 Å². The van der Waals surface area contributed by atoms with Crippen molar-refractivity contribution in [3.8, 4) is 0 Å². The normalized spacial score (nSPS) is 18.0. The van der Waals surface area contributed by atoms with Crippen LogP contribution in [0.3, 0.4) is 0 Å². The van der Waals surface area contributed by atoms with Gasteiger partial charge in [-0.25, -0.2) is 0 Å². The molecule has 1 atom stereocenters. The van der Waals surface area contributed by atoms with Crippen molar-refractivity contribution in [2.24, 2.45) is 4.99 Å². The molecule has 2 nitrogen and oxygen atoms in total. The summed E-state index contributed by atoms with van der Waals surface area (Å²) in [5.74, 6) is -0.303. The molecule has 0 saturated heterocycles. The first kappa shape index (κ1) is 14.9. The molecule has 0 radical (unpaired) electrons. The van der Waals surface area contributed by atoms with E-state index in [-0.39, 0.29) is 11.7 Å². The highest BCUT2D eigenvalue weighted by Crippen LogP contribution is 2.36. The molecule has 3 heteroatoms. The highest BCUT2D eigenvalue weighted by molar-refractivity contribution is 6.32. The van der Waals surface area contributed by atoms with E-state index in [4.69, 9.17) is 16.6 Å². The molecule has 3 aromatic rings. The van der Waals surface area contributed by atoms with Crippen LogP contribution in [-0.2, 0) is 0 Å². The number of fused-ring (bicyclic) bond motifs is 1. The summed E-state index contributed by atoms with van der Waals surface area (Å²) >= 11 is 5.99. The van der Waals surface area contributed by atoms with Gasteiger partial charge in [-0.05, 0) is 29.8 Å². The van der Waals surface area contributed by atoms with E-state index in [0.717, 1.165) is 28.1 Å². The Kier molecular flexibility index (Phi) is 3.75. The van der Waals surface area contributed by atoms with E-state index in [1.54, 1.807) is 0 Å². The molecule has 0 heterocycles. The summed E-state index contributed by atoms with van der Waals surface area (Å²) in [7, 11) is 0. The Morgan fingerprint density at radius 2 is 1.38 bits per heavy atom. The monoisotopic (exact) mass is 331 g/mol. The zero-order chi connectivity index (χ0) is 16.5. The number of rotatable bonds is 2. The molecule has 0 fully saturated rings. The zero-order valence-electron chi connectivity index (χ0n) is 12.8. The fourth-order valence-corrected chi connectivity index (χ4v) is 3.21. The maximum absolute atomic E-state index is 13.0. The summed E-state index contributed by atoms with van der Waals surface area (Å²) in [5, 5.41) is 0.656. The lowest BCUT2D eigenvalue weighted by Gasteiger charge is -2.11. The summed E-state index contributed by atoms with van der Waals surface area (Å²) in [6.45, 7) is 0. The molecule has 0 N–H and O–H groups in total. The van der Waals surface area contributed by atoms with Gasteiger partial charge in [0.15, 0.2) is 5.78 Å². The number of Topliss-reactive ketones (excluding diaryl/α,β-unsaturated/α-hetero) is 1. The zero-order valence-corrected chi connectivity index (χ0v) is 13.6. The largest absolute Gasteiger partial charge is 0.293 e. The highest BCUT2D eigenvalue weighted by atomic mass is 35.5. The van der Waals surface area contributed by atoms with E-state index >= 15 is 0 Å². The third kappa shape index (κ3) is 2.55. The second kappa shape index (κ2) is 6.06. The highest BCUT2D eigenvalue weighted by Gasteiger charge is 2.37. The number of ketones is 1. The average molecular weight is 332 g/mol. The third-order valence-electron chi connectivity index (χ3n) is 4.21. The Balaban J connectivity index is 1.90. The Hall–Kier alpha value is -2.71. The Bertz CT molecular complexity index is 930. The minimum atomic E-state index is -0.389. The van der Waals surface area contributed by atoms with Crippen molar-refractivity contribution in [2.45, 2.75) is 5.92 Å². The molecule has 0 amide bonds. The van der Waals surface area contributed by atoms with Gasteiger partial charge in [-0.1, -0.05) is 66.2 Å². The lowest BCUT2D eigenvalue weighted by atomic mass is 9.93. The molecule has 0 bridgehead atoms. The topological polar surface area (TPSA) is 29.4 Å². The molecule has 116 valence electrons. The van der Waals surface area contributed by atoms with Gasteiger partial charge in [-0.3, -0.25) is 9.79 Å². The van der Waals surface area contributed by atoms with Crippen LogP contribution in [0.15, 0.2) is 83.9 Å². The number of hydrogen-bond donors (Lipinski definition) is 0. The van der Waals surface area contributed by atoms with Gasteiger partial charge in [0, 0.05) is 16.1 Å². The lowest BCUT2D eigenvalue weighted by molar-refractivity contribution is 0.0988. The Labute approximate surface area is 145 Å². The number of para-hydroxylation sites is 1. The maximum Gasteiger partial charge on any atom is 0.176 e. The number of halogens is 1. The summed E-state index contributed by atoms with van der Waals surface area (Å²) in [5.41, 5.74) is 4.19. The molecule has 3 aromatic carbocycles. The van der Waals surface area contributed by atoms with Crippen LogP contribution < -0.4 is 0 Å². The first-order valence-electron chi connectivity index (χ1n) is 7.77. The molecule has 0 aliphatic heterocycles. The summed E-state index contributed by atoms with van der Waals surface area (Å²) < 4.78 is 0. The van der Waals surface area contributed by atoms with Crippen LogP contribution in [0.25, 0.3) is 0 Å². The van der Waals surface area contributed by atoms with Gasteiger partial charge in [0.1, 0.15) is 0 Å². The Morgan fingerprint density at radius 3 is 2.08 bits per heavy atom. The number of carbonyl (C=O) groups is 1. The van der Waals surface area contributed by atoms with E-state index in [2.05, 4.69) is 0 Å². The minimum Gasteiger partial charge on any atom is -0.293 e. The van der Waals surface area contributed by atoms with Crippen molar-refractivity contribution in [2.75, 3.05) is 0 Å². The van der Waals surface area contributed by atoms with Crippen LogP contribution in [0.5, 0.6) is 0 Å². The van der Waals surface area contributed by atoms with E-state index in [1.807, 2.05) is 78.9 Å². The molecule has 0 saturated carbocycles. The van der Waals surface area contributed by atoms with Crippen LogP contribution in [0.1, 0.15) is 27.4 Å². The molecule has 1 aliphatic carbocycles. The van der Waals surface area contributed by atoms with Crippen LogP contribution in [0, 0.1) is 0 Å². The standard InChI is InChI=1S/C21H14ClNO/c22-15-12-10-14(11-13-15)19-20(23-16-6-2-1-3-7-16)17-8-4-5-9-18(17)21(19)24/h1-13,19H. The van der Waals surface area contributed by atoms with Crippen LogP contribution in [0.2, 0.25) is 5.02 Å². The van der Waals surface area contributed by atoms with Crippen LogP contribution in [-0.4, -0.2) is 11.5 Å². The molecular weight excluding hydrogens is 318 g/mol. The van der Waals surface area contributed by atoms with Gasteiger partial charge >= 0.3 is 0 Å². The molecule has 0 aromatic heterocycles. The molecule has 1 unspecified atom stereocenters. The first-order chi connectivity index (χ1) is 11.7. The average Bonchev–Trinajstić information content (AvgIpc) is 2.89. The van der Waals surface area contributed by atoms with E-state index in [1.165, 1.54) is 0 Å². The van der Waals surface area contributed by atoms with Gasteiger partial charge in [0.25, 0.3) is 0 Å². The number of benzene rings is 3. The second-order valence-electron chi connectivity index (χ2n) is 5.73. The molecular formula is C21H14ClNO. The number of carbonyl (C=O) groups excluding carboxylic acids is 1. The quantitative estimate of drug-likeness (QED) is 0.614. The van der Waals surface area contributed by atoms with Crippen molar-refractivity contribution in [1.29, 1.82) is 0 Å². The van der Waals surface area contributed by atoms with Gasteiger partial charge < -0.3 is 0 Å². The maximum atomic E-state index is 13.0. The number of nitrogens with zero attached hydrogens (tertiary/aromatic N) is 1. The predicted octanol–water partition coefficient (Wildman–Crippen LogP) is 5.44. The summed E-state index contributed by atoms with van der Waals surface area (Å²) in [4.78, 5) is 17.8. The van der Waals surface area contributed by atoms with E-state index in [0.29, 0.717) is 5.02 Å². The van der Waals surface area contributed by atoms with Crippen molar-refractivity contribution in [3.63, 3.8) is 0 Å². The van der Waals surface area contributed by atoms with Gasteiger partial charge in [-0.2, -0.15) is 0 Å². The number of hydrogen-bond acceptors (Lipinski definition) is 2.